The lowest BCUT2D eigenvalue weighted by atomic mass is 9.85. The number of nitrogens with two attached hydrogens (primary N) is 2. The van der Waals surface area contributed by atoms with Crippen LogP contribution in [0.1, 0.15) is 152 Å². The second kappa shape index (κ2) is 20.3. The number of ether oxygens (including phenoxy) is 2. The van der Waals surface area contributed by atoms with E-state index < -0.39 is 90.8 Å². The number of nitrogens with zero attached hydrogens (tertiary/aromatic N) is 4. The first-order chi connectivity index (χ1) is 36.3. The van der Waals surface area contributed by atoms with E-state index in [1.54, 1.807) is 41.5 Å². The van der Waals surface area contributed by atoms with Crippen LogP contribution in [0.25, 0.3) is 10.8 Å². The molecule has 0 aromatic heterocycles. The Kier molecular flexibility index (Phi) is 14.7. The van der Waals surface area contributed by atoms with Gasteiger partial charge in [0.25, 0.3) is 43.7 Å². The minimum Gasteiger partial charge on any atom is -0.487 e. The molecular weight excluding hydrogens is 1050 g/mol. The molecule has 8 rings (SSSR count). The number of carbonyl (C=O) groups is 6. The van der Waals surface area contributed by atoms with Gasteiger partial charge in [-0.2, -0.15) is 0 Å². The highest BCUT2D eigenvalue weighted by molar-refractivity contribution is 7.90. The molecule has 22 nitrogen and oxygen atoms in total. The van der Waals surface area contributed by atoms with Crippen LogP contribution in [-0.4, -0.2) is 121 Å². The molecule has 0 radical (unpaired) electrons. The number of aliphatic carboxylic acids is 2. The predicted octanol–water partition coefficient (Wildman–Crippen LogP) is 5.14. The van der Waals surface area contributed by atoms with E-state index in [9.17, 15) is 55.8 Å². The van der Waals surface area contributed by atoms with Crippen LogP contribution >= 0.6 is 0 Å². The molecule has 78 heavy (non-hydrogen) atoms. The third kappa shape index (κ3) is 9.99. The van der Waals surface area contributed by atoms with E-state index in [4.69, 9.17) is 20.9 Å². The summed E-state index contributed by atoms with van der Waals surface area (Å²) in [5.41, 5.74) is 15.4. The molecule has 0 fully saturated rings. The van der Waals surface area contributed by atoms with Gasteiger partial charge in [0.05, 0.1) is 9.79 Å². The number of imide groups is 2. The van der Waals surface area contributed by atoms with E-state index in [-0.39, 0.29) is 81.6 Å². The molecule has 0 bridgehead atoms. The Morgan fingerprint density at radius 3 is 1.18 bits per heavy atom. The molecule has 4 amide bonds. The Hall–Kier alpha value is -7.60. The highest BCUT2D eigenvalue weighted by Crippen LogP contribution is 2.44. The number of carboxylic acid groups (broad SMARTS) is 2. The van der Waals surface area contributed by atoms with Crippen LogP contribution in [0, 0.1) is 41.5 Å². The summed E-state index contributed by atoms with van der Waals surface area (Å²) in [6.45, 7) is 17.8. The number of hydrogen-bond acceptors (Lipinski definition) is 14. The molecule has 2 atom stereocenters. The monoisotopic (exact) mass is 1110 g/mol. The van der Waals surface area contributed by atoms with Crippen molar-refractivity contribution in [3.63, 3.8) is 0 Å². The number of nitrogens with one attached hydrogen (secondary N) is 2. The lowest BCUT2D eigenvalue weighted by molar-refractivity contribution is -0.142. The molecule has 24 heteroatoms. The number of carboxylic acids is 2. The summed E-state index contributed by atoms with van der Waals surface area (Å²) < 4.78 is 72.0. The fourth-order valence-corrected chi connectivity index (χ4v) is 14.2. The first-order valence-electron chi connectivity index (χ1n) is 25.4. The molecule has 0 spiro atoms. The minimum absolute atomic E-state index is 0.0407. The van der Waals surface area contributed by atoms with Crippen LogP contribution in [0.15, 0.2) is 44.0 Å². The van der Waals surface area contributed by atoms with Crippen LogP contribution in [-0.2, 0) is 42.5 Å². The van der Waals surface area contributed by atoms with Gasteiger partial charge in [-0.1, -0.05) is 0 Å². The maximum absolute atomic E-state index is 14.2. The summed E-state index contributed by atoms with van der Waals surface area (Å²) >= 11 is 0. The van der Waals surface area contributed by atoms with Crippen LogP contribution in [0.5, 0.6) is 11.5 Å². The maximum atomic E-state index is 14.2. The van der Waals surface area contributed by atoms with E-state index >= 15 is 0 Å². The van der Waals surface area contributed by atoms with E-state index in [2.05, 4.69) is 19.4 Å². The highest BCUT2D eigenvalue weighted by Gasteiger charge is 2.46. The van der Waals surface area contributed by atoms with Crippen molar-refractivity contribution in [3.05, 3.63) is 91.0 Å². The molecule has 0 aliphatic carbocycles. The topological polar surface area (TPSA) is 337 Å². The zero-order valence-electron chi connectivity index (χ0n) is 45.1. The Bertz CT molecular complexity index is 3320. The molecule has 4 aromatic rings. The number of hydrogen-bond donors (Lipinski definition) is 6. The zero-order valence-corrected chi connectivity index (χ0v) is 46.7. The van der Waals surface area contributed by atoms with Gasteiger partial charge in [0, 0.05) is 46.1 Å². The van der Waals surface area contributed by atoms with Gasteiger partial charge in [0.1, 0.15) is 34.8 Å². The molecule has 0 saturated heterocycles. The van der Waals surface area contributed by atoms with E-state index in [1.165, 1.54) is 24.3 Å². The largest absolute Gasteiger partial charge is 0.487 e. The number of amides is 4. The third-order valence-corrected chi connectivity index (χ3v) is 18.6. The van der Waals surface area contributed by atoms with Crippen LogP contribution in [0.3, 0.4) is 0 Å². The summed E-state index contributed by atoms with van der Waals surface area (Å²) in [4.78, 5) is 91.8. The highest BCUT2D eigenvalue weighted by atomic mass is 32.2. The molecule has 4 aliphatic rings. The van der Waals surface area contributed by atoms with Gasteiger partial charge < -0.3 is 31.2 Å². The minimum atomic E-state index is -4.25. The molecule has 8 N–H and O–H groups in total. The molecule has 0 unspecified atom stereocenters. The average Bonchev–Trinajstić information content (AvgIpc) is 2.93. The predicted molar refractivity (Wildman–Crippen MR) is 287 cm³/mol. The van der Waals surface area contributed by atoms with Gasteiger partial charge >= 0.3 is 11.9 Å². The maximum Gasteiger partial charge on any atom is 0.326 e. The fourth-order valence-electron chi connectivity index (χ4n) is 11.1. The Morgan fingerprint density at radius 2 is 0.885 bits per heavy atom. The number of benzene rings is 4. The van der Waals surface area contributed by atoms with Gasteiger partial charge in [-0.15, -0.1) is 0 Å². The second-order valence-corrected chi connectivity index (χ2v) is 24.8. The number of carbonyl (C=O) groups excluding carboxylic acids is 4. The van der Waals surface area contributed by atoms with Gasteiger partial charge in [0.15, 0.2) is 0 Å². The number of rotatable bonds is 16. The van der Waals surface area contributed by atoms with E-state index in [0.29, 0.717) is 80.4 Å². The zero-order chi connectivity index (χ0) is 57.5. The summed E-state index contributed by atoms with van der Waals surface area (Å²) in [5, 5.41) is 20.6. The number of sulfonamides is 2. The third-order valence-electron chi connectivity index (χ3n) is 15.3. The first kappa shape index (κ1) is 56.6. The smallest absolute Gasteiger partial charge is 0.326 e. The lowest BCUT2D eigenvalue weighted by Crippen LogP contribution is -2.52. The lowest BCUT2D eigenvalue weighted by Gasteiger charge is -2.35. The fraction of sp³-hybridized carbons (Fsp3) is 0.444. The SMILES string of the molecule is Cc1c(C)c(S(=O)(=O)NC(N)=NCCC[C@@H](C(=O)O)N2C(=O)c3ccc4c5c(ccc(c35)C2=O)C(=O)N([C@@H](CCCN=C(N)NS(=O)(=O)c2c(C)c(C)c3c(c2C)CCC(C)(C)O3)C(=O)O)C4=O)c(C)c2c1OC(C)(C)CC2. The second-order valence-electron chi connectivity index (χ2n) is 21.5. The summed E-state index contributed by atoms with van der Waals surface area (Å²) in [6.07, 6.45) is 1.75. The molecule has 416 valence electrons. The first-order valence-corrected chi connectivity index (χ1v) is 28.4. The standard InChI is InChI=1S/C54H64N8O14S2/c1-25-27(3)43(29(5)31-19-21-53(7,8)75-41(25)31)77(71,72)59-51(55)57-23-11-13-37(49(67)68)61-45(63)33-15-17-35-40-36(18-16-34(39(33)40)46(61)64)48(66)62(47(35)65)38(50(69)70)14-12-24-58-52(56)60-78(73,74)44-28(4)26(2)42-32(30(44)6)20-22-54(9,10)76-42/h15-18,37-38H,11-14,19-24H2,1-10H3,(H,67,68)(H,69,70)(H3,55,57,59)(H3,56,58,60)/t37-,38-/m0/s1. The molecule has 0 saturated carbocycles. The van der Waals surface area contributed by atoms with Crippen LogP contribution < -0.4 is 30.4 Å². The van der Waals surface area contributed by atoms with Crippen molar-refractivity contribution in [2.45, 2.75) is 154 Å². The Labute approximate surface area is 451 Å². The summed E-state index contributed by atoms with van der Waals surface area (Å²) in [5.74, 6) is -6.83. The number of guanidine groups is 2. The van der Waals surface area contributed by atoms with Crippen LogP contribution in [0.4, 0.5) is 0 Å². The van der Waals surface area contributed by atoms with Crippen molar-refractivity contribution in [2.24, 2.45) is 21.5 Å². The molecular formula is C54H64N8O14S2. The Balaban J connectivity index is 0.938. The Morgan fingerprint density at radius 1 is 0.577 bits per heavy atom. The van der Waals surface area contributed by atoms with Crippen molar-refractivity contribution in [2.75, 3.05) is 13.1 Å². The normalized spacial score (nSPS) is 17.7. The van der Waals surface area contributed by atoms with Crippen molar-refractivity contribution in [1.29, 1.82) is 0 Å². The summed E-state index contributed by atoms with van der Waals surface area (Å²) in [6, 6.07) is 1.32. The van der Waals surface area contributed by atoms with Crippen molar-refractivity contribution in [3.8, 4) is 11.5 Å². The molecule has 4 aromatic carbocycles. The van der Waals surface area contributed by atoms with Crippen molar-refractivity contribution in [1.82, 2.24) is 19.2 Å². The number of fused-ring (bicyclic) bond motifs is 2. The number of aliphatic imine (C=N–C) groups is 2. The molecule has 4 heterocycles. The van der Waals surface area contributed by atoms with E-state index in [1.807, 2.05) is 27.7 Å². The van der Waals surface area contributed by atoms with Crippen molar-refractivity contribution < 1.29 is 65.3 Å². The van der Waals surface area contributed by atoms with Gasteiger partial charge in [-0.05, 0) is 189 Å². The van der Waals surface area contributed by atoms with Gasteiger partial charge in [0.2, 0.25) is 11.9 Å². The average molecular weight is 1110 g/mol. The molecule has 4 aliphatic heterocycles. The van der Waals surface area contributed by atoms with Crippen LogP contribution in [0.2, 0.25) is 0 Å². The van der Waals surface area contributed by atoms with Gasteiger partial charge in [-0.25, -0.2) is 35.9 Å². The quantitative estimate of drug-likeness (QED) is 0.0366. The van der Waals surface area contributed by atoms with Gasteiger partial charge in [-0.3, -0.25) is 39.0 Å². The van der Waals surface area contributed by atoms with Crippen molar-refractivity contribution >= 4 is 78.3 Å². The summed E-state index contributed by atoms with van der Waals surface area (Å²) in [7, 11) is -8.50. The van der Waals surface area contributed by atoms with E-state index in [0.717, 1.165) is 11.1 Å².